The molecule has 0 spiro atoms. The Balaban J connectivity index is 2.60. The highest BCUT2D eigenvalue weighted by atomic mass is 16.5. The Bertz CT molecular complexity index is 429. The van der Waals surface area contributed by atoms with Crippen LogP contribution in [0.4, 0.5) is 5.69 Å². The first kappa shape index (κ1) is 15.2. The van der Waals surface area contributed by atoms with Gasteiger partial charge in [-0.15, -0.1) is 0 Å². The largest absolute Gasteiger partial charge is 0.383 e. The number of carbonyl (C=O) groups excluding carboxylic acids is 2. The molecular formula is C14H20N2O3. The third-order valence-electron chi connectivity index (χ3n) is 2.55. The van der Waals surface area contributed by atoms with Crippen molar-refractivity contribution in [1.82, 2.24) is 5.32 Å². The van der Waals surface area contributed by atoms with Gasteiger partial charge in [0.25, 0.3) is 5.91 Å². The Morgan fingerprint density at radius 1 is 1.26 bits per heavy atom. The lowest BCUT2D eigenvalue weighted by atomic mass is 10.2. The van der Waals surface area contributed by atoms with E-state index in [2.05, 4.69) is 10.6 Å². The molecule has 5 nitrogen and oxygen atoms in total. The number of hydrogen-bond acceptors (Lipinski definition) is 3. The van der Waals surface area contributed by atoms with E-state index in [4.69, 9.17) is 4.74 Å². The molecule has 1 aromatic rings. The van der Waals surface area contributed by atoms with Crippen molar-refractivity contribution in [2.45, 2.75) is 26.3 Å². The SMILES string of the molecule is CCC(=O)Nc1ccc(C(=O)NC(C)COC)cc1. The van der Waals surface area contributed by atoms with E-state index in [0.717, 1.165) is 0 Å². The van der Waals surface area contributed by atoms with Crippen molar-refractivity contribution in [3.63, 3.8) is 0 Å². The summed E-state index contributed by atoms with van der Waals surface area (Å²) in [5.41, 5.74) is 1.24. The number of nitrogens with one attached hydrogen (secondary N) is 2. The molecule has 0 aliphatic rings. The van der Waals surface area contributed by atoms with E-state index in [-0.39, 0.29) is 17.9 Å². The molecule has 0 fully saturated rings. The van der Waals surface area contributed by atoms with Crippen LogP contribution in [0.15, 0.2) is 24.3 Å². The summed E-state index contributed by atoms with van der Waals surface area (Å²) < 4.78 is 4.95. The maximum atomic E-state index is 11.9. The molecule has 1 atom stereocenters. The van der Waals surface area contributed by atoms with Crippen molar-refractivity contribution >= 4 is 17.5 Å². The number of rotatable bonds is 6. The summed E-state index contributed by atoms with van der Waals surface area (Å²) in [4.78, 5) is 23.1. The maximum absolute atomic E-state index is 11.9. The molecule has 5 heteroatoms. The highest BCUT2D eigenvalue weighted by molar-refractivity contribution is 5.95. The van der Waals surface area contributed by atoms with Crippen molar-refractivity contribution in [2.24, 2.45) is 0 Å². The van der Waals surface area contributed by atoms with Crippen molar-refractivity contribution in [1.29, 1.82) is 0 Å². The fourth-order valence-electron chi connectivity index (χ4n) is 1.55. The first-order valence-electron chi connectivity index (χ1n) is 6.26. The van der Waals surface area contributed by atoms with Gasteiger partial charge in [-0.3, -0.25) is 9.59 Å². The number of hydrogen-bond donors (Lipinski definition) is 2. The molecule has 1 rings (SSSR count). The topological polar surface area (TPSA) is 67.4 Å². The summed E-state index contributed by atoms with van der Waals surface area (Å²) in [5, 5.41) is 5.55. The molecule has 104 valence electrons. The van der Waals surface area contributed by atoms with Gasteiger partial charge in [-0.2, -0.15) is 0 Å². The van der Waals surface area contributed by atoms with Crippen molar-refractivity contribution in [2.75, 3.05) is 19.0 Å². The van der Waals surface area contributed by atoms with E-state index in [1.54, 1.807) is 38.3 Å². The van der Waals surface area contributed by atoms with Crippen LogP contribution in [-0.4, -0.2) is 31.6 Å². The normalized spacial score (nSPS) is 11.7. The Hall–Kier alpha value is -1.88. The summed E-state index contributed by atoms with van der Waals surface area (Å²) in [6, 6.07) is 6.74. The molecular weight excluding hydrogens is 244 g/mol. The lowest BCUT2D eigenvalue weighted by Gasteiger charge is -2.13. The van der Waals surface area contributed by atoms with Crippen LogP contribution < -0.4 is 10.6 Å². The van der Waals surface area contributed by atoms with Gasteiger partial charge in [-0.1, -0.05) is 6.92 Å². The van der Waals surface area contributed by atoms with Crippen LogP contribution in [0.5, 0.6) is 0 Å². The number of benzene rings is 1. The van der Waals surface area contributed by atoms with Gasteiger partial charge < -0.3 is 15.4 Å². The Labute approximate surface area is 113 Å². The standard InChI is InChI=1S/C14H20N2O3/c1-4-13(17)16-12-7-5-11(6-8-12)14(18)15-10(2)9-19-3/h5-8,10H,4,9H2,1-3H3,(H,15,18)(H,16,17). The smallest absolute Gasteiger partial charge is 0.251 e. The minimum atomic E-state index is -0.155. The molecule has 0 aliphatic heterocycles. The quantitative estimate of drug-likeness (QED) is 0.823. The van der Waals surface area contributed by atoms with Crippen LogP contribution in [0.25, 0.3) is 0 Å². The van der Waals surface area contributed by atoms with Gasteiger partial charge in [0.15, 0.2) is 0 Å². The second kappa shape index (κ2) is 7.53. The van der Waals surface area contributed by atoms with Crippen LogP contribution >= 0.6 is 0 Å². The number of carbonyl (C=O) groups is 2. The summed E-state index contributed by atoms with van der Waals surface area (Å²) in [7, 11) is 1.59. The number of amides is 2. The van der Waals surface area contributed by atoms with Gasteiger partial charge in [0.1, 0.15) is 0 Å². The molecule has 0 radical (unpaired) electrons. The van der Waals surface area contributed by atoms with Gasteiger partial charge in [0.2, 0.25) is 5.91 Å². The third kappa shape index (κ3) is 5.09. The lowest BCUT2D eigenvalue weighted by Crippen LogP contribution is -2.35. The predicted octanol–water partition coefficient (Wildman–Crippen LogP) is 1.80. The molecule has 0 aromatic heterocycles. The maximum Gasteiger partial charge on any atom is 0.251 e. The predicted molar refractivity (Wildman–Crippen MR) is 74.2 cm³/mol. The highest BCUT2D eigenvalue weighted by Gasteiger charge is 2.09. The minimum absolute atomic E-state index is 0.0445. The molecule has 0 heterocycles. The second-order valence-corrected chi connectivity index (χ2v) is 4.31. The van der Waals surface area contributed by atoms with Crippen molar-refractivity contribution in [3.05, 3.63) is 29.8 Å². The van der Waals surface area contributed by atoms with Gasteiger partial charge in [0.05, 0.1) is 6.61 Å². The molecule has 2 N–H and O–H groups in total. The third-order valence-corrected chi connectivity index (χ3v) is 2.55. The molecule has 2 amide bonds. The van der Waals surface area contributed by atoms with Crippen LogP contribution in [-0.2, 0) is 9.53 Å². The van der Waals surface area contributed by atoms with E-state index in [1.165, 1.54) is 0 Å². The molecule has 1 aromatic carbocycles. The van der Waals surface area contributed by atoms with E-state index >= 15 is 0 Å². The van der Waals surface area contributed by atoms with Crippen LogP contribution in [0.3, 0.4) is 0 Å². The summed E-state index contributed by atoms with van der Waals surface area (Å²) >= 11 is 0. The summed E-state index contributed by atoms with van der Waals surface area (Å²) in [6.45, 7) is 4.13. The van der Waals surface area contributed by atoms with E-state index < -0.39 is 0 Å². The molecule has 0 saturated carbocycles. The molecule has 0 saturated heterocycles. The summed E-state index contributed by atoms with van der Waals surface area (Å²) in [6.07, 6.45) is 0.427. The number of methoxy groups -OCH3 is 1. The summed E-state index contributed by atoms with van der Waals surface area (Å²) in [5.74, 6) is -0.205. The number of ether oxygens (including phenoxy) is 1. The molecule has 1 unspecified atom stereocenters. The average Bonchev–Trinajstić information content (AvgIpc) is 2.39. The Morgan fingerprint density at radius 2 is 1.89 bits per heavy atom. The second-order valence-electron chi connectivity index (χ2n) is 4.31. The van der Waals surface area contributed by atoms with E-state index in [0.29, 0.717) is 24.3 Å². The van der Waals surface area contributed by atoms with Gasteiger partial charge in [-0.05, 0) is 31.2 Å². The number of anilines is 1. The van der Waals surface area contributed by atoms with E-state index in [9.17, 15) is 9.59 Å². The average molecular weight is 264 g/mol. The monoisotopic (exact) mass is 264 g/mol. The highest BCUT2D eigenvalue weighted by Crippen LogP contribution is 2.10. The van der Waals surface area contributed by atoms with Crippen molar-refractivity contribution in [3.8, 4) is 0 Å². The van der Waals surface area contributed by atoms with Gasteiger partial charge in [0, 0.05) is 30.8 Å². The van der Waals surface area contributed by atoms with Crippen LogP contribution in [0.2, 0.25) is 0 Å². The fraction of sp³-hybridized carbons (Fsp3) is 0.429. The lowest BCUT2D eigenvalue weighted by molar-refractivity contribution is -0.115. The van der Waals surface area contributed by atoms with Crippen LogP contribution in [0, 0.1) is 0 Å². The molecule has 19 heavy (non-hydrogen) atoms. The zero-order chi connectivity index (χ0) is 14.3. The van der Waals surface area contributed by atoms with E-state index in [1.807, 2.05) is 6.92 Å². The van der Waals surface area contributed by atoms with Crippen LogP contribution in [0.1, 0.15) is 30.6 Å². The molecule has 0 bridgehead atoms. The zero-order valence-corrected chi connectivity index (χ0v) is 11.5. The van der Waals surface area contributed by atoms with Gasteiger partial charge in [-0.25, -0.2) is 0 Å². The zero-order valence-electron chi connectivity index (χ0n) is 11.5. The fourth-order valence-corrected chi connectivity index (χ4v) is 1.55. The first-order chi connectivity index (χ1) is 9.06. The first-order valence-corrected chi connectivity index (χ1v) is 6.26. The van der Waals surface area contributed by atoms with Crippen molar-refractivity contribution < 1.29 is 14.3 Å². The Kier molecular flexibility index (Phi) is 6.02. The molecule has 0 aliphatic carbocycles. The van der Waals surface area contributed by atoms with Gasteiger partial charge >= 0.3 is 0 Å². The Morgan fingerprint density at radius 3 is 2.42 bits per heavy atom. The minimum Gasteiger partial charge on any atom is -0.383 e.